The summed E-state index contributed by atoms with van der Waals surface area (Å²) in [7, 11) is 0. The van der Waals surface area contributed by atoms with Crippen LogP contribution >= 0.6 is 27.7 Å². The van der Waals surface area contributed by atoms with Gasteiger partial charge in [0.1, 0.15) is 16.4 Å². The van der Waals surface area contributed by atoms with Crippen LogP contribution in [0.4, 0.5) is 0 Å². The van der Waals surface area contributed by atoms with Gasteiger partial charge in [0.15, 0.2) is 0 Å². The molecule has 2 heterocycles. The molecule has 17 heavy (non-hydrogen) atoms. The Morgan fingerprint density at radius 2 is 2.29 bits per heavy atom. The van der Waals surface area contributed by atoms with Gasteiger partial charge >= 0.3 is 0 Å². The van der Waals surface area contributed by atoms with Gasteiger partial charge in [-0.2, -0.15) is 11.8 Å². The van der Waals surface area contributed by atoms with Crippen LogP contribution in [0.15, 0.2) is 9.27 Å². The van der Waals surface area contributed by atoms with Crippen LogP contribution in [0.1, 0.15) is 36.4 Å². The van der Waals surface area contributed by atoms with Gasteiger partial charge in [0.25, 0.3) is 5.56 Å². The van der Waals surface area contributed by atoms with Crippen LogP contribution in [-0.4, -0.2) is 28.1 Å². The molecule has 1 unspecified atom stereocenters. The zero-order chi connectivity index (χ0) is 11.8. The first-order chi connectivity index (χ1) is 8.25. The summed E-state index contributed by atoms with van der Waals surface area (Å²) in [5.41, 5.74) is 0.819. The van der Waals surface area contributed by atoms with Gasteiger partial charge in [-0.15, -0.1) is 0 Å². The molecule has 0 amide bonds. The molecular weight excluding hydrogens is 304 g/mol. The third kappa shape index (κ3) is 2.44. The van der Waals surface area contributed by atoms with Gasteiger partial charge < -0.3 is 9.72 Å². The highest BCUT2D eigenvalue weighted by atomic mass is 79.9. The summed E-state index contributed by atoms with van der Waals surface area (Å²) < 4.78 is 6.24. The third-order valence-electron chi connectivity index (χ3n) is 2.99. The average Bonchev–Trinajstić information content (AvgIpc) is 3.18. The van der Waals surface area contributed by atoms with E-state index < -0.39 is 0 Å². The highest BCUT2D eigenvalue weighted by Crippen LogP contribution is 2.41. The first kappa shape index (κ1) is 11.7. The topological polar surface area (TPSA) is 55.0 Å². The molecule has 1 saturated heterocycles. The number of aromatic nitrogens is 2. The summed E-state index contributed by atoms with van der Waals surface area (Å²) in [5, 5.41) is 0. The summed E-state index contributed by atoms with van der Waals surface area (Å²) in [6.07, 6.45) is 2.20. The highest BCUT2D eigenvalue weighted by molar-refractivity contribution is 9.10. The number of ether oxygens (including phenoxy) is 1. The number of H-pyrrole nitrogens is 1. The number of thioether (sulfide) groups is 1. The normalized spacial score (nSPS) is 24.9. The van der Waals surface area contributed by atoms with E-state index in [0.717, 1.165) is 36.6 Å². The Labute approximate surface area is 112 Å². The third-order valence-corrected chi connectivity index (χ3v) is 4.75. The molecule has 4 nitrogen and oxygen atoms in total. The van der Waals surface area contributed by atoms with Crippen molar-refractivity contribution < 1.29 is 4.74 Å². The minimum absolute atomic E-state index is 0.0629. The Bertz CT molecular complexity index is 481. The van der Waals surface area contributed by atoms with Gasteiger partial charge in [-0.1, -0.05) is 0 Å². The number of nitrogens with one attached hydrogen (secondary N) is 1. The van der Waals surface area contributed by atoms with Gasteiger partial charge in [0.05, 0.1) is 12.3 Å². The van der Waals surface area contributed by atoms with E-state index in [-0.39, 0.29) is 11.7 Å². The van der Waals surface area contributed by atoms with Gasteiger partial charge in [-0.25, -0.2) is 4.98 Å². The largest absolute Gasteiger partial charge is 0.369 e. The van der Waals surface area contributed by atoms with Gasteiger partial charge in [0, 0.05) is 17.4 Å². The number of aromatic amines is 1. The van der Waals surface area contributed by atoms with Crippen molar-refractivity contribution in [1.29, 1.82) is 0 Å². The first-order valence-corrected chi connectivity index (χ1v) is 7.69. The molecule has 1 aromatic heterocycles. The molecule has 1 N–H and O–H groups in total. The predicted molar refractivity (Wildman–Crippen MR) is 70.6 cm³/mol. The zero-order valence-corrected chi connectivity index (χ0v) is 11.6. The smallest absolute Gasteiger partial charge is 0.265 e. The Morgan fingerprint density at radius 1 is 1.47 bits per heavy atom. The van der Waals surface area contributed by atoms with E-state index in [1.54, 1.807) is 0 Å². The first-order valence-electron chi connectivity index (χ1n) is 5.74. The number of halogens is 1. The molecule has 1 saturated carbocycles. The van der Waals surface area contributed by atoms with E-state index in [0.29, 0.717) is 16.2 Å². The molecule has 6 heteroatoms. The number of rotatable bonds is 2. The van der Waals surface area contributed by atoms with E-state index in [2.05, 4.69) is 25.9 Å². The molecular formula is C11H13BrN2O2S. The summed E-state index contributed by atoms with van der Waals surface area (Å²) in [5.74, 6) is 3.04. The SMILES string of the molecule is O=c1[nH]c(C2CSCCO2)nc(C2CC2)c1Br. The number of hydrogen-bond donors (Lipinski definition) is 1. The molecule has 3 rings (SSSR count). The van der Waals surface area contributed by atoms with Gasteiger partial charge in [-0.3, -0.25) is 4.79 Å². The van der Waals surface area contributed by atoms with E-state index in [4.69, 9.17) is 4.74 Å². The summed E-state index contributed by atoms with van der Waals surface area (Å²) in [6, 6.07) is 0. The van der Waals surface area contributed by atoms with Crippen LogP contribution < -0.4 is 5.56 Å². The molecule has 0 radical (unpaired) electrons. The molecule has 1 aromatic rings. The van der Waals surface area contributed by atoms with Gasteiger partial charge in [0.2, 0.25) is 0 Å². The van der Waals surface area contributed by atoms with Crippen molar-refractivity contribution in [2.24, 2.45) is 0 Å². The lowest BCUT2D eigenvalue weighted by Gasteiger charge is -2.21. The van der Waals surface area contributed by atoms with E-state index in [1.165, 1.54) is 0 Å². The lowest BCUT2D eigenvalue weighted by molar-refractivity contribution is 0.0690. The Balaban J connectivity index is 1.96. The Hall–Kier alpha value is -0.330. The molecule has 1 atom stereocenters. The van der Waals surface area contributed by atoms with Crippen LogP contribution in [0.2, 0.25) is 0 Å². The molecule has 2 fully saturated rings. The summed E-state index contributed by atoms with van der Waals surface area (Å²) in [6.45, 7) is 0.730. The fourth-order valence-corrected chi connectivity index (χ4v) is 3.28. The quantitative estimate of drug-likeness (QED) is 0.909. The Morgan fingerprint density at radius 3 is 2.94 bits per heavy atom. The molecule has 92 valence electrons. The van der Waals surface area contributed by atoms with Crippen molar-refractivity contribution in [2.45, 2.75) is 24.9 Å². The monoisotopic (exact) mass is 316 g/mol. The van der Waals surface area contributed by atoms with Crippen molar-refractivity contribution in [2.75, 3.05) is 18.1 Å². The average molecular weight is 317 g/mol. The lowest BCUT2D eigenvalue weighted by Crippen LogP contribution is -2.23. The van der Waals surface area contributed by atoms with Crippen LogP contribution in [0.3, 0.4) is 0 Å². The molecule has 0 bridgehead atoms. The zero-order valence-electron chi connectivity index (χ0n) is 9.24. The second kappa shape index (κ2) is 4.74. The summed E-state index contributed by atoms with van der Waals surface area (Å²) >= 11 is 5.17. The summed E-state index contributed by atoms with van der Waals surface area (Å²) in [4.78, 5) is 19.2. The van der Waals surface area contributed by atoms with E-state index >= 15 is 0 Å². The van der Waals surface area contributed by atoms with Crippen LogP contribution in [0.25, 0.3) is 0 Å². The Kier molecular flexibility index (Phi) is 3.28. The number of nitrogens with zero attached hydrogens (tertiary/aromatic N) is 1. The minimum atomic E-state index is -0.0870. The van der Waals surface area contributed by atoms with Crippen molar-refractivity contribution in [1.82, 2.24) is 9.97 Å². The predicted octanol–water partition coefficient (Wildman–Crippen LogP) is 2.21. The molecule has 1 aliphatic heterocycles. The second-order valence-corrected chi connectivity index (χ2v) is 6.30. The van der Waals surface area contributed by atoms with Crippen LogP contribution in [-0.2, 0) is 4.74 Å². The van der Waals surface area contributed by atoms with Crippen molar-refractivity contribution in [3.63, 3.8) is 0 Å². The second-order valence-electron chi connectivity index (χ2n) is 4.36. The standard InChI is InChI=1S/C11H13BrN2O2S/c12-8-9(6-1-2-6)13-10(14-11(8)15)7-5-17-4-3-16-7/h6-7H,1-5H2,(H,13,14,15). The maximum absolute atomic E-state index is 11.8. The maximum atomic E-state index is 11.8. The molecule has 2 aliphatic rings. The van der Waals surface area contributed by atoms with E-state index in [9.17, 15) is 4.79 Å². The van der Waals surface area contributed by atoms with Crippen LogP contribution in [0, 0.1) is 0 Å². The number of hydrogen-bond acceptors (Lipinski definition) is 4. The van der Waals surface area contributed by atoms with Crippen molar-refractivity contribution >= 4 is 27.7 Å². The van der Waals surface area contributed by atoms with Gasteiger partial charge in [-0.05, 0) is 28.8 Å². The highest BCUT2D eigenvalue weighted by Gasteiger charge is 2.30. The molecule has 1 aliphatic carbocycles. The van der Waals surface area contributed by atoms with Crippen molar-refractivity contribution in [3.8, 4) is 0 Å². The fraction of sp³-hybridized carbons (Fsp3) is 0.636. The molecule has 0 spiro atoms. The lowest BCUT2D eigenvalue weighted by atomic mass is 10.2. The minimum Gasteiger partial charge on any atom is -0.369 e. The van der Waals surface area contributed by atoms with Crippen LogP contribution in [0.5, 0.6) is 0 Å². The fourth-order valence-electron chi connectivity index (χ4n) is 1.92. The van der Waals surface area contributed by atoms with Crippen molar-refractivity contribution in [3.05, 3.63) is 26.3 Å². The maximum Gasteiger partial charge on any atom is 0.265 e. The molecule has 0 aromatic carbocycles. The van der Waals surface area contributed by atoms with E-state index in [1.807, 2.05) is 11.8 Å².